The van der Waals surface area contributed by atoms with Gasteiger partial charge in [0, 0.05) is 8.47 Å². The predicted molar refractivity (Wildman–Crippen MR) is 60.8 cm³/mol. The lowest BCUT2D eigenvalue weighted by atomic mass is 10.3. The molecule has 0 unspecified atom stereocenters. The summed E-state index contributed by atoms with van der Waals surface area (Å²) < 4.78 is 1.81. The van der Waals surface area contributed by atoms with Crippen molar-refractivity contribution >= 4 is 57.8 Å². The molecular formula is C6H4I2OS. The highest BCUT2D eigenvalue weighted by Gasteiger charge is 2.00. The average molecular weight is 378 g/mol. The van der Waals surface area contributed by atoms with Crippen molar-refractivity contribution in [3.63, 3.8) is 0 Å². The number of phenolic OH excluding ortho intramolecular Hbond substituents is 1. The van der Waals surface area contributed by atoms with Gasteiger partial charge in [-0.25, -0.2) is 0 Å². The Morgan fingerprint density at radius 3 is 2.30 bits per heavy atom. The first-order valence-corrected chi connectivity index (χ1v) is 5.08. The summed E-state index contributed by atoms with van der Waals surface area (Å²) in [6, 6.07) is 3.53. The van der Waals surface area contributed by atoms with Crippen LogP contribution in [0, 0.1) is 7.14 Å². The zero-order valence-corrected chi connectivity index (χ0v) is 10.0. The second-order valence-electron chi connectivity index (χ2n) is 1.76. The van der Waals surface area contributed by atoms with E-state index in [-0.39, 0.29) is 0 Å². The van der Waals surface area contributed by atoms with E-state index in [1.54, 1.807) is 6.07 Å². The molecule has 0 radical (unpaired) electrons. The van der Waals surface area contributed by atoms with Crippen LogP contribution < -0.4 is 0 Å². The maximum Gasteiger partial charge on any atom is 0.130 e. The van der Waals surface area contributed by atoms with Gasteiger partial charge in [0.1, 0.15) is 5.75 Å². The maximum absolute atomic E-state index is 9.18. The first-order chi connectivity index (χ1) is 4.61. The predicted octanol–water partition coefficient (Wildman–Crippen LogP) is 2.89. The summed E-state index contributed by atoms with van der Waals surface area (Å²) >= 11 is 8.38. The smallest absolute Gasteiger partial charge is 0.130 e. The van der Waals surface area contributed by atoms with E-state index in [1.165, 1.54) is 0 Å². The molecule has 1 aromatic rings. The molecule has 0 bridgehead atoms. The van der Waals surface area contributed by atoms with Crippen LogP contribution in [-0.4, -0.2) is 5.11 Å². The van der Waals surface area contributed by atoms with Crippen LogP contribution in [-0.2, 0) is 0 Å². The summed E-state index contributed by atoms with van der Waals surface area (Å²) in [6.45, 7) is 0. The number of hydrogen-bond donors (Lipinski definition) is 2. The molecule has 0 amide bonds. The van der Waals surface area contributed by atoms with E-state index in [2.05, 4.69) is 57.8 Å². The van der Waals surface area contributed by atoms with Crippen molar-refractivity contribution in [3.05, 3.63) is 19.3 Å². The first kappa shape index (κ1) is 8.92. The van der Waals surface area contributed by atoms with Crippen molar-refractivity contribution in [1.82, 2.24) is 0 Å². The van der Waals surface area contributed by atoms with Crippen molar-refractivity contribution in [3.8, 4) is 5.75 Å². The average Bonchev–Trinajstić information content (AvgIpc) is 1.84. The maximum atomic E-state index is 9.18. The summed E-state index contributed by atoms with van der Waals surface area (Å²) in [6.07, 6.45) is 0. The van der Waals surface area contributed by atoms with Gasteiger partial charge in [0.15, 0.2) is 0 Å². The van der Waals surface area contributed by atoms with Gasteiger partial charge < -0.3 is 5.11 Å². The molecule has 54 valence electrons. The first-order valence-electron chi connectivity index (χ1n) is 2.48. The third kappa shape index (κ3) is 1.91. The Balaban J connectivity index is 3.28. The van der Waals surface area contributed by atoms with Gasteiger partial charge in [-0.2, -0.15) is 0 Å². The van der Waals surface area contributed by atoms with Crippen LogP contribution in [0.2, 0.25) is 0 Å². The highest BCUT2D eigenvalue weighted by Crippen LogP contribution is 2.26. The molecule has 0 aliphatic heterocycles. The lowest BCUT2D eigenvalue weighted by Crippen LogP contribution is -1.78. The number of phenols is 1. The van der Waals surface area contributed by atoms with Gasteiger partial charge in [0.2, 0.25) is 0 Å². The normalized spacial score (nSPS) is 9.90. The SMILES string of the molecule is Oc1cc(I)c(S)cc1I. The Morgan fingerprint density at radius 2 is 1.80 bits per heavy atom. The van der Waals surface area contributed by atoms with E-state index in [9.17, 15) is 5.11 Å². The van der Waals surface area contributed by atoms with E-state index < -0.39 is 0 Å². The molecule has 0 spiro atoms. The van der Waals surface area contributed by atoms with Crippen molar-refractivity contribution in [1.29, 1.82) is 0 Å². The fourth-order valence-electron chi connectivity index (χ4n) is 0.526. The van der Waals surface area contributed by atoms with E-state index in [0.29, 0.717) is 5.75 Å². The number of rotatable bonds is 0. The monoisotopic (exact) mass is 378 g/mol. The Morgan fingerprint density at radius 1 is 1.20 bits per heavy atom. The largest absolute Gasteiger partial charge is 0.507 e. The minimum absolute atomic E-state index is 0.322. The van der Waals surface area contributed by atoms with E-state index >= 15 is 0 Å². The summed E-state index contributed by atoms with van der Waals surface area (Å²) in [5.74, 6) is 0.322. The summed E-state index contributed by atoms with van der Waals surface area (Å²) in [5.41, 5.74) is 0. The standard InChI is InChI=1S/C6H4I2OS/c7-3-2-6(10)4(8)1-5(3)9/h1-2,9-10H. The number of aromatic hydroxyl groups is 1. The molecule has 1 aromatic carbocycles. The summed E-state index contributed by atoms with van der Waals surface area (Å²) in [5, 5.41) is 9.18. The molecule has 0 aliphatic carbocycles. The van der Waals surface area contributed by atoms with E-state index in [0.717, 1.165) is 12.0 Å². The summed E-state index contributed by atoms with van der Waals surface area (Å²) in [4.78, 5) is 0.905. The van der Waals surface area contributed by atoms with Gasteiger partial charge in [-0.1, -0.05) is 0 Å². The lowest BCUT2D eigenvalue weighted by Gasteiger charge is -1.99. The molecule has 0 atom stereocenters. The molecule has 0 fully saturated rings. The van der Waals surface area contributed by atoms with E-state index in [1.807, 2.05) is 6.07 Å². The van der Waals surface area contributed by atoms with Gasteiger partial charge in [-0.15, -0.1) is 12.6 Å². The molecule has 1 rings (SSSR count). The molecule has 1 N–H and O–H groups in total. The lowest BCUT2D eigenvalue weighted by molar-refractivity contribution is 0.470. The van der Waals surface area contributed by atoms with Crippen LogP contribution in [0.4, 0.5) is 0 Å². The Labute approximate surface area is 91.9 Å². The van der Waals surface area contributed by atoms with Crippen LogP contribution in [0.1, 0.15) is 0 Å². The van der Waals surface area contributed by atoms with Crippen molar-refractivity contribution in [2.24, 2.45) is 0 Å². The van der Waals surface area contributed by atoms with E-state index in [4.69, 9.17) is 0 Å². The molecule has 1 nitrogen and oxygen atoms in total. The fourth-order valence-corrected chi connectivity index (χ4v) is 1.88. The van der Waals surface area contributed by atoms with Gasteiger partial charge in [0.05, 0.1) is 3.57 Å². The Kier molecular flexibility index (Phi) is 3.11. The van der Waals surface area contributed by atoms with Crippen LogP contribution in [0.3, 0.4) is 0 Å². The highest BCUT2D eigenvalue weighted by molar-refractivity contribution is 14.1. The zero-order chi connectivity index (χ0) is 7.72. The molecule has 0 aliphatic rings. The van der Waals surface area contributed by atoms with Crippen LogP contribution in [0.25, 0.3) is 0 Å². The number of halogens is 2. The third-order valence-electron chi connectivity index (χ3n) is 1.02. The summed E-state index contributed by atoms with van der Waals surface area (Å²) in [7, 11) is 0. The molecule has 0 saturated carbocycles. The number of thiol groups is 1. The Bertz CT molecular complexity index is 212. The molecule has 0 saturated heterocycles. The molecular weight excluding hydrogens is 374 g/mol. The van der Waals surface area contributed by atoms with Gasteiger partial charge in [0.25, 0.3) is 0 Å². The zero-order valence-electron chi connectivity index (χ0n) is 4.81. The Hall–Kier alpha value is 0.830. The van der Waals surface area contributed by atoms with Crippen LogP contribution in [0.15, 0.2) is 17.0 Å². The fraction of sp³-hybridized carbons (Fsp3) is 0. The molecule has 0 heterocycles. The van der Waals surface area contributed by atoms with Crippen molar-refractivity contribution in [2.75, 3.05) is 0 Å². The topological polar surface area (TPSA) is 20.2 Å². The van der Waals surface area contributed by atoms with Gasteiger partial charge in [-0.3, -0.25) is 0 Å². The van der Waals surface area contributed by atoms with Crippen molar-refractivity contribution in [2.45, 2.75) is 4.90 Å². The second-order valence-corrected chi connectivity index (χ2v) is 4.56. The van der Waals surface area contributed by atoms with Crippen molar-refractivity contribution < 1.29 is 5.11 Å². The molecule has 4 heteroatoms. The molecule has 0 aromatic heterocycles. The van der Waals surface area contributed by atoms with Crippen LogP contribution >= 0.6 is 57.8 Å². The van der Waals surface area contributed by atoms with Gasteiger partial charge >= 0.3 is 0 Å². The number of benzene rings is 1. The quantitative estimate of drug-likeness (QED) is 0.526. The minimum Gasteiger partial charge on any atom is -0.507 e. The third-order valence-corrected chi connectivity index (χ3v) is 3.57. The minimum atomic E-state index is 0.322. The number of hydrogen-bond acceptors (Lipinski definition) is 2. The van der Waals surface area contributed by atoms with Crippen LogP contribution in [0.5, 0.6) is 5.75 Å². The van der Waals surface area contributed by atoms with Gasteiger partial charge in [-0.05, 0) is 57.3 Å². The highest BCUT2D eigenvalue weighted by atomic mass is 127. The second kappa shape index (κ2) is 3.48. The molecule has 10 heavy (non-hydrogen) atoms.